The molecule has 1 aromatic rings. The molecule has 1 fully saturated rings. The number of carbonyl (C=O) groups is 1. The van der Waals surface area contributed by atoms with Crippen molar-refractivity contribution >= 4 is 29.1 Å². The Hall–Kier alpha value is -0.730. The quantitative estimate of drug-likeness (QED) is 0.754. The molecule has 0 spiro atoms. The van der Waals surface area contributed by atoms with Crippen LogP contribution in [0, 0.1) is 0 Å². The molecular weight excluding hydrogens is 281 g/mol. The maximum Gasteiger partial charge on any atom is 0.240 e. The van der Waals surface area contributed by atoms with Crippen molar-refractivity contribution < 1.29 is 4.79 Å². The molecule has 0 bridgehead atoms. The number of likely N-dealkylation sites (tertiary alicyclic amines) is 1. The van der Waals surface area contributed by atoms with E-state index in [4.69, 9.17) is 23.2 Å². The van der Waals surface area contributed by atoms with Crippen LogP contribution in [0.2, 0.25) is 5.02 Å². The van der Waals surface area contributed by atoms with Gasteiger partial charge in [-0.25, -0.2) is 0 Å². The first-order valence-electron chi connectivity index (χ1n) is 6.76. The third-order valence-corrected chi connectivity index (χ3v) is 4.10. The molecule has 2 atom stereocenters. The van der Waals surface area contributed by atoms with E-state index in [1.807, 2.05) is 17.0 Å². The van der Waals surface area contributed by atoms with E-state index in [0.29, 0.717) is 5.92 Å². The number of benzene rings is 1. The maximum absolute atomic E-state index is 12.1. The van der Waals surface area contributed by atoms with Crippen molar-refractivity contribution in [2.75, 3.05) is 13.1 Å². The summed E-state index contributed by atoms with van der Waals surface area (Å²) in [5.74, 6) is 0.432. The molecule has 0 aromatic heterocycles. The number of carbonyl (C=O) groups excluding carboxylic acids is 1. The molecule has 2 unspecified atom stereocenters. The van der Waals surface area contributed by atoms with Crippen molar-refractivity contribution in [3.8, 4) is 0 Å². The normalized spacial score (nSPS) is 21.8. The van der Waals surface area contributed by atoms with E-state index < -0.39 is 5.38 Å². The Morgan fingerprint density at radius 3 is 2.63 bits per heavy atom. The largest absolute Gasteiger partial charge is 0.341 e. The lowest BCUT2D eigenvalue weighted by Gasteiger charge is -2.25. The van der Waals surface area contributed by atoms with E-state index >= 15 is 0 Å². The van der Waals surface area contributed by atoms with Gasteiger partial charge in [0.15, 0.2) is 0 Å². The second-order valence-corrected chi connectivity index (χ2v) is 6.24. The van der Waals surface area contributed by atoms with E-state index in [-0.39, 0.29) is 5.91 Å². The monoisotopic (exact) mass is 299 g/mol. The highest BCUT2D eigenvalue weighted by atomic mass is 35.5. The van der Waals surface area contributed by atoms with Crippen LogP contribution in [0.5, 0.6) is 0 Å². The van der Waals surface area contributed by atoms with Gasteiger partial charge in [-0.2, -0.15) is 0 Å². The average Bonchev–Trinajstić information content (AvgIpc) is 2.64. The lowest BCUT2D eigenvalue weighted by Crippen LogP contribution is -2.38. The van der Waals surface area contributed by atoms with Gasteiger partial charge in [0.05, 0.1) is 0 Å². The van der Waals surface area contributed by atoms with Gasteiger partial charge in [0.25, 0.3) is 0 Å². The smallest absolute Gasteiger partial charge is 0.240 e. The summed E-state index contributed by atoms with van der Waals surface area (Å²) in [6.45, 7) is 3.32. The van der Waals surface area contributed by atoms with Crippen LogP contribution in [-0.4, -0.2) is 29.3 Å². The zero-order valence-corrected chi connectivity index (χ0v) is 12.6. The first-order chi connectivity index (χ1) is 9.08. The fraction of sp³-hybridized carbons (Fsp3) is 0.533. The van der Waals surface area contributed by atoms with Crippen molar-refractivity contribution in [2.24, 2.45) is 0 Å². The summed E-state index contributed by atoms with van der Waals surface area (Å²) in [7, 11) is 0. The Labute approximate surface area is 124 Å². The third-order valence-electron chi connectivity index (χ3n) is 3.66. The highest BCUT2D eigenvalue weighted by Gasteiger charge is 2.25. The lowest BCUT2D eigenvalue weighted by atomic mass is 9.94. The van der Waals surface area contributed by atoms with Crippen LogP contribution in [0.15, 0.2) is 24.3 Å². The van der Waals surface area contributed by atoms with Crippen LogP contribution in [0.3, 0.4) is 0 Å². The molecule has 1 aliphatic rings. The lowest BCUT2D eigenvalue weighted by molar-refractivity contribution is -0.130. The summed E-state index contributed by atoms with van der Waals surface area (Å²) in [5, 5.41) is 0.309. The molecule has 0 saturated carbocycles. The maximum atomic E-state index is 12.1. The Balaban J connectivity index is 2.12. The minimum absolute atomic E-state index is 0.0440. The van der Waals surface area contributed by atoms with E-state index in [2.05, 4.69) is 12.1 Å². The summed E-state index contributed by atoms with van der Waals surface area (Å²) in [4.78, 5) is 14.0. The number of hydrogen-bond donors (Lipinski definition) is 0. The minimum atomic E-state index is -0.441. The number of rotatable bonds is 2. The molecule has 2 rings (SSSR count). The molecular formula is C15H19Cl2NO. The Bertz CT molecular complexity index is 430. The molecule has 19 heavy (non-hydrogen) atoms. The van der Waals surface area contributed by atoms with Gasteiger partial charge in [0, 0.05) is 24.0 Å². The summed E-state index contributed by atoms with van der Waals surface area (Å²) in [5.41, 5.74) is 1.26. The Morgan fingerprint density at radius 2 is 2.00 bits per heavy atom. The van der Waals surface area contributed by atoms with Crippen LogP contribution in [0.25, 0.3) is 0 Å². The van der Waals surface area contributed by atoms with Gasteiger partial charge in [0.2, 0.25) is 5.91 Å². The summed E-state index contributed by atoms with van der Waals surface area (Å²) in [6.07, 6.45) is 3.31. The molecule has 4 heteroatoms. The molecule has 1 heterocycles. The number of amides is 1. The minimum Gasteiger partial charge on any atom is -0.341 e. The van der Waals surface area contributed by atoms with Crippen LogP contribution >= 0.6 is 23.2 Å². The topological polar surface area (TPSA) is 20.3 Å². The van der Waals surface area contributed by atoms with Gasteiger partial charge in [-0.15, -0.1) is 11.6 Å². The molecule has 2 nitrogen and oxygen atoms in total. The molecule has 1 amide bonds. The van der Waals surface area contributed by atoms with E-state index in [1.165, 1.54) is 5.56 Å². The summed E-state index contributed by atoms with van der Waals surface area (Å²) < 4.78 is 0. The molecule has 1 saturated heterocycles. The van der Waals surface area contributed by atoms with Gasteiger partial charge in [-0.05, 0) is 37.5 Å². The van der Waals surface area contributed by atoms with Crippen molar-refractivity contribution in [3.63, 3.8) is 0 Å². The molecule has 0 radical (unpaired) electrons. The van der Waals surface area contributed by atoms with Gasteiger partial charge in [-0.1, -0.05) is 30.2 Å². The number of hydrogen-bond acceptors (Lipinski definition) is 1. The second-order valence-electron chi connectivity index (χ2n) is 5.14. The first-order valence-corrected chi connectivity index (χ1v) is 7.57. The van der Waals surface area contributed by atoms with Crippen LogP contribution in [-0.2, 0) is 4.79 Å². The van der Waals surface area contributed by atoms with E-state index in [1.54, 1.807) is 6.92 Å². The molecule has 0 N–H and O–H groups in total. The highest BCUT2D eigenvalue weighted by Crippen LogP contribution is 2.28. The summed E-state index contributed by atoms with van der Waals surface area (Å²) in [6, 6.07) is 7.95. The Kier molecular flexibility index (Phi) is 5.12. The summed E-state index contributed by atoms with van der Waals surface area (Å²) >= 11 is 11.8. The van der Waals surface area contributed by atoms with Crippen LogP contribution < -0.4 is 0 Å². The molecule has 104 valence electrons. The molecule has 1 aliphatic heterocycles. The van der Waals surface area contributed by atoms with Gasteiger partial charge in [-0.3, -0.25) is 4.79 Å². The highest BCUT2D eigenvalue weighted by molar-refractivity contribution is 6.30. The van der Waals surface area contributed by atoms with Crippen molar-refractivity contribution in [1.29, 1.82) is 0 Å². The fourth-order valence-corrected chi connectivity index (χ4v) is 2.86. The van der Waals surface area contributed by atoms with Gasteiger partial charge in [0.1, 0.15) is 5.38 Å². The predicted molar refractivity (Wildman–Crippen MR) is 79.9 cm³/mol. The average molecular weight is 300 g/mol. The zero-order valence-electron chi connectivity index (χ0n) is 11.1. The predicted octanol–water partition coefficient (Wildman–Crippen LogP) is 4.06. The first kappa shape index (κ1) is 14.7. The number of alkyl halides is 1. The zero-order chi connectivity index (χ0) is 13.8. The second kappa shape index (κ2) is 6.62. The third kappa shape index (κ3) is 3.87. The van der Waals surface area contributed by atoms with Crippen molar-refractivity contribution in [1.82, 2.24) is 4.90 Å². The SMILES string of the molecule is CC(Cl)C(=O)N1CCCCC(c2ccc(Cl)cc2)C1. The van der Waals surface area contributed by atoms with Crippen molar-refractivity contribution in [3.05, 3.63) is 34.9 Å². The number of nitrogens with zero attached hydrogens (tertiary/aromatic N) is 1. The van der Waals surface area contributed by atoms with Crippen LogP contribution in [0.4, 0.5) is 0 Å². The standard InChI is InChI=1S/C15H19Cl2NO/c1-11(16)15(19)18-9-3-2-4-13(10-18)12-5-7-14(17)8-6-12/h5-8,11,13H,2-4,9-10H2,1H3. The molecule has 0 aliphatic carbocycles. The van der Waals surface area contributed by atoms with Crippen molar-refractivity contribution in [2.45, 2.75) is 37.5 Å². The van der Waals surface area contributed by atoms with E-state index in [9.17, 15) is 4.79 Å². The van der Waals surface area contributed by atoms with Crippen LogP contribution in [0.1, 0.15) is 37.7 Å². The number of halogens is 2. The van der Waals surface area contributed by atoms with E-state index in [0.717, 1.165) is 37.4 Å². The molecule has 1 aromatic carbocycles. The van der Waals surface area contributed by atoms with Gasteiger partial charge >= 0.3 is 0 Å². The fourth-order valence-electron chi connectivity index (χ4n) is 2.60. The Morgan fingerprint density at radius 1 is 1.32 bits per heavy atom. The van der Waals surface area contributed by atoms with Gasteiger partial charge < -0.3 is 4.90 Å².